The lowest BCUT2D eigenvalue weighted by atomic mass is 9.83. The molecule has 27 heavy (non-hydrogen) atoms. The molecule has 1 atom stereocenters. The highest BCUT2D eigenvalue weighted by molar-refractivity contribution is 5.96. The van der Waals surface area contributed by atoms with Crippen molar-refractivity contribution in [2.24, 2.45) is 0 Å². The number of benzene rings is 1. The molecule has 1 aromatic carbocycles. The Kier molecular flexibility index (Phi) is 4.18. The number of nitrogens with one attached hydrogen (secondary N) is 2. The first-order valence-electron chi connectivity index (χ1n) is 8.81. The molecule has 2 aliphatic heterocycles. The summed E-state index contributed by atoms with van der Waals surface area (Å²) in [7, 11) is 0. The van der Waals surface area contributed by atoms with Crippen molar-refractivity contribution in [3.8, 4) is 0 Å². The van der Waals surface area contributed by atoms with Crippen molar-refractivity contribution in [2.45, 2.75) is 32.2 Å². The molecule has 0 saturated heterocycles. The Morgan fingerprint density at radius 1 is 1.22 bits per heavy atom. The van der Waals surface area contributed by atoms with Crippen LogP contribution in [0.3, 0.4) is 0 Å². The van der Waals surface area contributed by atoms with Crippen molar-refractivity contribution in [3.63, 3.8) is 0 Å². The normalized spacial score (nSPS) is 18.0. The van der Waals surface area contributed by atoms with Gasteiger partial charge >= 0.3 is 11.7 Å². The van der Waals surface area contributed by atoms with Crippen molar-refractivity contribution in [1.29, 1.82) is 0 Å². The molecule has 1 aromatic heterocycles. The number of carbonyl (C=O) groups excluding carboxylic acids is 1. The lowest BCUT2D eigenvalue weighted by Gasteiger charge is -2.28. The zero-order chi connectivity index (χ0) is 19.1. The van der Waals surface area contributed by atoms with Crippen molar-refractivity contribution >= 4 is 11.8 Å². The number of ether oxygens (including phenoxy) is 1. The van der Waals surface area contributed by atoms with E-state index in [0.29, 0.717) is 29.2 Å². The number of aromatic nitrogens is 2. The summed E-state index contributed by atoms with van der Waals surface area (Å²) in [6, 6.07) is 5.62. The van der Waals surface area contributed by atoms with Gasteiger partial charge in [0.1, 0.15) is 18.2 Å². The number of hydrogen-bond donors (Lipinski definition) is 2. The molecular weight excluding hydrogens is 353 g/mol. The van der Waals surface area contributed by atoms with Gasteiger partial charge in [-0.3, -0.25) is 14.3 Å². The van der Waals surface area contributed by atoms with Crippen LogP contribution >= 0.6 is 0 Å². The van der Waals surface area contributed by atoms with Crippen LogP contribution < -0.4 is 16.6 Å². The lowest BCUT2D eigenvalue weighted by molar-refractivity contribution is -0.136. The van der Waals surface area contributed by atoms with Crippen molar-refractivity contribution in [3.05, 3.63) is 73.3 Å². The Labute approximate surface area is 153 Å². The summed E-state index contributed by atoms with van der Waals surface area (Å²) >= 11 is 0. The van der Waals surface area contributed by atoms with Gasteiger partial charge in [-0.15, -0.1) is 0 Å². The Hall–Kier alpha value is -3.16. The third kappa shape index (κ3) is 2.77. The number of hydrogen-bond acceptors (Lipinski definition) is 5. The molecule has 0 amide bonds. The largest absolute Gasteiger partial charge is 0.456 e. The van der Waals surface area contributed by atoms with E-state index in [0.717, 1.165) is 12.8 Å². The van der Waals surface area contributed by atoms with Crippen LogP contribution in [0.15, 0.2) is 45.1 Å². The average Bonchev–Trinajstić information content (AvgIpc) is 3.01. The van der Waals surface area contributed by atoms with Gasteiger partial charge in [0.25, 0.3) is 5.56 Å². The zero-order valence-corrected chi connectivity index (χ0v) is 14.7. The third-order valence-electron chi connectivity index (χ3n) is 4.91. The molecule has 0 saturated carbocycles. The number of unbranched alkanes of at least 4 members (excludes halogenated alkanes) is 1. The second-order valence-corrected chi connectivity index (χ2v) is 6.60. The molecule has 0 radical (unpaired) electrons. The predicted octanol–water partition coefficient (Wildman–Crippen LogP) is 1.84. The minimum Gasteiger partial charge on any atom is -0.456 e. The smallest absolute Gasteiger partial charge is 0.337 e. The van der Waals surface area contributed by atoms with Crippen molar-refractivity contribution in [2.75, 3.05) is 11.9 Å². The van der Waals surface area contributed by atoms with Crippen LogP contribution in [-0.4, -0.2) is 22.1 Å². The van der Waals surface area contributed by atoms with Crippen LogP contribution in [0, 0.1) is 5.82 Å². The third-order valence-corrected chi connectivity index (χ3v) is 4.91. The predicted molar refractivity (Wildman–Crippen MR) is 96.1 cm³/mol. The summed E-state index contributed by atoms with van der Waals surface area (Å²) in [6.07, 6.45) is 1.62. The van der Waals surface area contributed by atoms with E-state index in [2.05, 4.69) is 10.3 Å². The second kappa shape index (κ2) is 6.53. The first-order valence-corrected chi connectivity index (χ1v) is 8.81. The zero-order valence-electron chi connectivity index (χ0n) is 14.7. The Morgan fingerprint density at radius 3 is 2.67 bits per heavy atom. The molecule has 2 aliphatic rings. The van der Waals surface area contributed by atoms with Crippen LogP contribution in [0.25, 0.3) is 0 Å². The number of carbonyl (C=O) groups is 1. The standard InChI is InChI=1S/C19H18FN3O4/c1-2-3-8-23-16-15(17(24)22-19(23)26)13(10-4-6-11(20)7-5-10)14-12(21-16)9-27-18(14)25/h4-7,13,21H,2-3,8-9H2,1H3,(H,22,24,26). The molecule has 0 fully saturated rings. The summed E-state index contributed by atoms with van der Waals surface area (Å²) in [5, 5.41) is 3.06. The number of halogens is 1. The van der Waals surface area contributed by atoms with E-state index in [-0.39, 0.29) is 12.2 Å². The molecule has 140 valence electrons. The Morgan fingerprint density at radius 2 is 1.96 bits per heavy atom. The van der Waals surface area contributed by atoms with E-state index in [1.165, 1.54) is 28.8 Å². The molecule has 0 spiro atoms. The highest BCUT2D eigenvalue weighted by Gasteiger charge is 2.41. The molecule has 2 N–H and O–H groups in total. The van der Waals surface area contributed by atoms with E-state index in [1.807, 2.05) is 6.92 Å². The molecule has 8 heteroatoms. The van der Waals surface area contributed by atoms with Crippen LogP contribution in [0.1, 0.15) is 36.8 Å². The number of esters is 1. The number of cyclic esters (lactones) is 1. The molecule has 1 unspecified atom stereocenters. The average molecular weight is 371 g/mol. The van der Waals surface area contributed by atoms with Gasteiger partial charge < -0.3 is 10.1 Å². The van der Waals surface area contributed by atoms with Crippen LogP contribution in [0.5, 0.6) is 0 Å². The molecule has 7 nitrogen and oxygen atoms in total. The van der Waals surface area contributed by atoms with E-state index < -0.39 is 29.0 Å². The summed E-state index contributed by atoms with van der Waals surface area (Å²) < 4.78 is 20.0. The van der Waals surface area contributed by atoms with Gasteiger partial charge in [-0.05, 0) is 24.1 Å². The van der Waals surface area contributed by atoms with Gasteiger partial charge in [0, 0.05) is 6.54 Å². The highest BCUT2D eigenvalue weighted by Crippen LogP contribution is 2.42. The van der Waals surface area contributed by atoms with Crippen LogP contribution in [-0.2, 0) is 16.1 Å². The van der Waals surface area contributed by atoms with Gasteiger partial charge in [0.2, 0.25) is 0 Å². The molecular formula is C19H18FN3O4. The highest BCUT2D eigenvalue weighted by atomic mass is 19.1. The first kappa shape index (κ1) is 17.3. The molecule has 2 aromatic rings. The maximum absolute atomic E-state index is 13.4. The van der Waals surface area contributed by atoms with E-state index in [4.69, 9.17) is 4.74 Å². The van der Waals surface area contributed by atoms with Gasteiger partial charge in [0.05, 0.1) is 22.8 Å². The van der Waals surface area contributed by atoms with E-state index in [1.54, 1.807) is 0 Å². The number of aromatic amines is 1. The topological polar surface area (TPSA) is 93.2 Å². The minimum absolute atomic E-state index is 0.0417. The second-order valence-electron chi connectivity index (χ2n) is 6.60. The fourth-order valence-corrected chi connectivity index (χ4v) is 3.61. The van der Waals surface area contributed by atoms with Crippen molar-refractivity contribution < 1.29 is 13.9 Å². The number of fused-ring (bicyclic) bond motifs is 1. The first-order chi connectivity index (χ1) is 13.0. The Bertz CT molecular complexity index is 1070. The maximum Gasteiger partial charge on any atom is 0.337 e. The quantitative estimate of drug-likeness (QED) is 0.800. The fourth-order valence-electron chi connectivity index (χ4n) is 3.61. The number of nitrogens with zero attached hydrogens (tertiary/aromatic N) is 1. The van der Waals surface area contributed by atoms with E-state index in [9.17, 15) is 18.8 Å². The summed E-state index contributed by atoms with van der Waals surface area (Å²) in [5.74, 6) is -1.31. The molecule has 3 heterocycles. The van der Waals surface area contributed by atoms with Gasteiger partial charge in [-0.2, -0.15) is 0 Å². The SMILES string of the molecule is CCCCn1c2c(c(=O)[nH]c1=O)C(c1ccc(F)cc1)C1=C(COC1=O)N2. The van der Waals surface area contributed by atoms with Gasteiger partial charge in [-0.1, -0.05) is 25.5 Å². The summed E-state index contributed by atoms with van der Waals surface area (Å²) in [4.78, 5) is 39.7. The van der Waals surface area contributed by atoms with Gasteiger partial charge in [0.15, 0.2) is 0 Å². The number of anilines is 1. The lowest BCUT2D eigenvalue weighted by Crippen LogP contribution is -2.38. The van der Waals surface area contributed by atoms with Gasteiger partial charge in [-0.25, -0.2) is 14.0 Å². The van der Waals surface area contributed by atoms with Crippen LogP contribution in [0.2, 0.25) is 0 Å². The Balaban J connectivity index is 1.98. The molecule has 4 rings (SSSR count). The van der Waals surface area contributed by atoms with E-state index >= 15 is 0 Å². The maximum atomic E-state index is 13.4. The van der Waals surface area contributed by atoms with Crippen LogP contribution in [0.4, 0.5) is 10.2 Å². The minimum atomic E-state index is -0.732. The molecule has 0 bridgehead atoms. The number of rotatable bonds is 4. The molecule has 0 aliphatic carbocycles. The summed E-state index contributed by atoms with van der Waals surface area (Å²) in [5.41, 5.74) is 0.603. The van der Waals surface area contributed by atoms with Crippen molar-refractivity contribution in [1.82, 2.24) is 9.55 Å². The monoisotopic (exact) mass is 371 g/mol. The fraction of sp³-hybridized carbons (Fsp3) is 0.316. The number of H-pyrrole nitrogens is 1. The summed E-state index contributed by atoms with van der Waals surface area (Å²) in [6.45, 7) is 2.47.